The van der Waals surface area contributed by atoms with Gasteiger partial charge in [0.05, 0.1) is 34.8 Å². The highest BCUT2D eigenvalue weighted by Crippen LogP contribution is 2.37. The quantitative estimate of drug-likeness (QED) is 0.774. The molecule has 0 aromatic heterocycles. The normalized spacial score (nSPS) is 16.8. The number of ether oxygens (including phenoxy) is 1. The van der Waals surface area contributed by atoms with Crippen LogP contribution in [-0.2, 0) is 21.0 Å². The van der Waals surface area contributed by atoms with Gasteiger partial charge in [-0.25, -0.2) is 8.42 Å². The third-order valence-corrected chi connectivity index (χ3v) is 5.70. The lowest BCUT2D eigenvalue weighted by Crippen LogP contribution is -2.48. The molecule has 0 radical (unpaired) electrons. The molecule has 1 N–H and O–H groups in total. The Labute approximate surface area is 170 Å². The van der Waals surface area contributed by atoms with Gasteiger partial charge in [-0.15, -0.1) is 0 Å². The summed E-state index contributed by atoms with van der Waals surface area (Å²) in [6, 6.07) is 7.33. The lowest BCUT2D eigenvalue weighted by Gasteiger charge is -2.34. The van der Waals surface area contributed by atoms with Crippen molar-refractivity contribution in [2.24, 2.45) is 0 Å². The molecule has 1 atom stereocenters. The zero-order chi connectivity index (χ0) is 21.6. The Hall–Kier alpha value is -2.46. The number of benzene rings is 2. The number of carbonyl (C=O) groups excluding carboxylic acids is 1. The first-order valence-electron chi connectivity index (χ1n) is 8.29. The fourth-order valence-electron chi connectivity index (χ4n) is 2.82. The molecule has 1 amide bonds. The van der Waals surface area contributed by atoms with Crippen LogP contribution in [0.4, 0.5) is 24.5 Å². The first-order valence-corrected chi connectivity index (χ1v) is 10.5. The van der Waals surface area contributed by atoms with Gasteiger partial charge in [0, 0.05) is 0 Å². The zero-order valence-corrected chi connectivity index (χ0v) is 16.8. The molecule has 0 saturated carbocycles. The second kappa shape index (κ2) is 7.42. The lowest BCUT2D eigenvalue weighted by atomic mass is 10.1. The lowest BCUT2D eigenvalue weighted by molar-refractivity contribution is -0.137. The summed E-state index contributed by atoms with van der Waals surface area (Å²) in [7, 11) is -3.73. The second-order valence-corrected chi connectivity index (χ2v) is 8.87. The van der Waals surface area contributed by atoms with Gasteiger partial charge < -0.3 is 10.1 Å². The fourth-order valence-corrected chi connectivity index (χ4v) is 3.89. The van der Waals surface area contributed by atoms with Gasteiger partial charge in [0.2, 0.25) is 10.0 Å². The molecule has 29 heavy (non-hydrogen) atoms. The topological polar surface area (TPSA) is 75.7 Å². The van der Waals surface area contributed by atoms with E-state index in [1.165, 1.54) is 6.07 Å². The number of anilines is 2. The van der Waals surface area contributed by atoms with Crippen molar-refractivity contribution in [2.45, 2.75) is 19.2 Å². The Balaban J connectivity index is 1.90. The van der Waals surface area contributed by atoms with E-state index in [1.807, 2.05) is 0 Å². The van der Waals surface area contributed by atoms with E-state index in [9.17, 15) is 26.4 Å². The van der Waals surface area contributed by atoms with Gasteiger partial charge in [-0.2, -0.15) is 13.2 Å². The first-order chi connectivity index (χ1) is 13.4. The van der Waals surface area contributed by atoms with Crippen molar-refractivity contribution >= 4 is 38.9 Å². The summed E-state index contributed by atoms with van der Waals surface area (Å²) < 4.78 is 69.8. The summed E-state index contributed by atoms with van der Waals surface area (Å²) in [6.07, 6.45) is -4.91. The molecule has 1 aliphatic heterocycles. The molecule has 156 valence electrons. The number of amides is 1. The van der Waals surface area contributed by atoms with E-state index >= 15 is 0 Å². The number of hydrogen-bond donors (Lipinski definition) is 1. The van der Waals surface area contributed by atoms with Crippen LogP contribution >= 0.6 is 11.6 Å². The van der Waals surface area contributed by atoms with Crippen molar-refractivity contribution in [3.63, 3.8) is 0 Å². The number of nitrogens with one attached hydrogen (secondary N) is 1. The minimum atomic E-state index is -4.62. The number of sulfonamides is 1. The number of aryl methyl sites for hydroxylation is 1. The summed E-state index contributed by atoms with van der Waals surface area (Å²) >= 11 is 5.90. The number of rotatable bonds is 3. The van der Waals surface area contributed by atoms with Crippen LogP contribution < -0.4 is 14.4 Å². The summed E-state index contributed by atoms with van der Waals surface area (Å²) in [5, 5.41) is 2.19. The van der Waals surface area contributed by atoms with E-state index in [0.717, 1.165) is 28.3 Å². The highest BCUT2D eigenvalue weighted by molar-refractivity contribution is 7.92. The summed E-state index contributed by atoms with van der Waals surface area (Å²) in [4.78, 5) is 12.6. The van der Waals surface area contributed by atoms with E-state index in [-0.39, 0.29) is 28.7 Å². The Kier molecular flexibility index (Phi) is 5.44. The van der Waals surface area contributed by atoms with E-state index in [0.29, 0.717) is 6.07 Å². The Morgan fingerprint density at radius 2 is 1.93 bits per heavy atom. The molecule has 3 rings (SSSR count). The van der Waals surface area contributed by atoms with Crippen LogP contribution in [-0.4, -0.2) is 33.2 Å². The minimum Gasteiger partial charge on any atom is -0.476 e. The van der Waals surface area contributed by atoms with Gasteiger partial charge in [-0.1, -0.05) is 17.7 Å². The average Bonchev–Trinajstić information content (AvgIpc) is 2.60. The molecule has 6 nitrogen and oxygen atoms in total. The Morgan fingerprint density at radius 3 is 2.55 bits per heavy atom. The van der Waals surface area contributed by atoms with Crippen molar-refractivity contribution < 1.29 is 31.1 Å². The molecule has 0 spiro atoms. The second-order valence-electron chi connectivity index (χ2n) is 6.55. The van der Waals surface area contributed by atoms with Gasteiger partial charge in [-0.05, 0) is 42.8 Å². The summed E-state index contributed by atoms with van der Waals surface area (Å²) in [5.41, 5.74) is -0.163. The van der Waals surface area contributed by atoms with Crippen molar-refractivity contribution in [3.8, 4) is 5.75 Å². The minimum absolute atomic E-state index is 0.0989. The summed E-state index contributed by atoms with van der Waals surface area (Å²) in [6.45, 7) is 1.44. The largest absolute Gasteiger partial charge is 0.476 e. The van der Waals surface area contributed by atoms with Crippen LogP contribution in [0.5, 0.6) is 5.75 Å². The van der Waals surface area contributed by atoms with Crippen LogP contribution in [0.15, 0.2) is 36.4 Å². The Morgan fingerprint density at radius 1 is 1.24 bits per heavy atom. The van der Waals surface area contributed by atoms with Crippen LogP contribution in [0.2, 0.25) is 5.02 Å². The van der Waals surface area contributed by atoms with Crippen LogP contribution in [0.3, 0.4) is 0 Å². The third kappa shape index (κ3) is 4.59. The molecule has 0 aliphatic carbocycles. The third-order valence-electron chi connectivity index (χ3n) is 4.23. The average molecular weight is 449 g/mol. The van der Waals surface area contributed by atoms with Crippen LogP contribution in [0, 0.1) is 6.92 Å². The number of nitrogens with zero attached hydrogens (tertiary/aromatic N) is 1. The van der Waals surface area contributed by atoms with Crippen LogP contribution in [0.25, 0.3) is 0 Å². The molecule has 2 aromatic carbocycles. The van der Waals surface area contributed by atoms with Crippen molar-refractivity contribution in [3.05, 3.63) is 52.5 Å². The zero-order valence-electron chi connectivity index (χ0n) is 15.2. The van der Waals surface area contributed by atoms with E-state index in [2.05, 4.69) is 5.32 Å². The molecule has 1 aliphatic rings. The molecule has 0 bridgehead atoms. The maximum absolute atomic E-state index is 12.9. The van der Waals surface area contributed by atoms with Gasteiger partial charge >= 0.3 is 6.18 Å². The monoisotopic (exact) mass is 448 g/mol. The number of fused-ring (bicyclic) bond motifs is 1. The molecule has 1 unspecified atom stereocenters. The predicted octanol–water partition coefficient (Wildman–Crippen LogP) is 3.83. The SMILES string of the molecule is Cc1ccc2c(c1)N(S(C)(=O)=O)CC(C(=O)Nc1cc(C(F)(F)F)ccc1Cl)O2. The van der Waals surface area contributed by atoms with Gasteiger partial charge in [0.15, 0.2) is 6.10 Å². The van der Waals surface area contributed by atoms with Crippen molar-refractivity contribution in [1.82, 2.24) is 0 Å². The Bertz CT molecular complexity index is 1070. The van der Waals surface area contributed by atoms with E-state index in [1.54, 1.807) is 19.1 Å². The molecule has 0 saturated heterocycles. The first kappa shape index (κ1) is 21.3. The van der Waals surface area contributed by atoms with Crippen molar-refractivity contribution in [2.75, 3.05) is 22.4 Å². The number of halogens is 4. The predicted molar refractivity (Wildman–Crippen MR) is 103 cm³/mol. The number of hydrogen-bond acceptors (Lipinski definition) is 4. The number of carbonyl (C=O) groups is 1. The maximum atomic E-state index is 12.9. The molecule has 11 heteroatoms. The molecule has 1 heterocycles. The number of alkyl halides is 3. The standard InChI is InChI=1S/C18H16ClF3N2O4S/c1-10-3-6-15-14(7-10)24(29(2,26)27)9-16(28-15)17(25)23-13-8-11(18(20,21)22)4-5-12(13)19/h3-8,16H,9H2,1-2H3,(H,23,25). The van der Waals surface area contributed by atoms with E-state index in [4.69, 9.17) is 16.3 Å². The fraction of sp³-hybridized carbons (Fsp3) is 0.278. The summed E-state index contributed by atoms with van der Waals surface area (Å²) in [5.74, 6) is -0.659. The van der Waals surface area contributed by atoms with Crippen molar-refractivity contribution in [1.29, 1.82) is 0 Å². The van der Waals surface area contributed by atoms with Gasteiger partial charge in [0.25, 0.3) is 5.91 Å². The highest BCUT2D eigenvalue weighted by atomic mass is 35.5. The maximum Gasteiger partial charge on any atom is 0.416 e. The molecule has 0 fully saturated rings. The smallest absolute Gasteiger partial charge is 0.416 e. The van der Waals surface area contributed by atoms with Crippen LogP contribution in [0.1, 0.15) is 11.1 Å². The van der Waals surface area contributed by atoms with E-state index < -0.39 is 33.8 Å². The van der Waals surface area contributed by atoms with Gasteiger partial charge in [0.1, 0.15) is 5.75 Å². The van der Waals surface area contributed by atoms with Gasteiger partial charge in [-0.3, -0.25) is 9.10 Å². The molecule has 2 aromatic rings. The molecular weight excluding hydrogens is 433 g/mol. The molecular formula is C18H16ClF3N2O4S. The highest BCUT2D eigenvalue weighted by Gasteiger charge is 2.36.